The minimum atomic E-state index is -0.973. The van der Waals surface area contributed by atoms with Crippen molar-refractivity contribution in [1.29, 1.82) is 0 Å². The monoisotopic (exact) mass is 240 g/mol. The Bertz CT molecular complexity index is 397. The predicted octanol–water partition coefficient (Wildman–Crippen LogP) is 1.44. The number of rotatable bonds is 1. The van der Waals surface area contributed by atoms with Crippen molar-refractivity contribution in [3.8, 4) is 0 Å². The van der Waals surface area contributed by atoms with Crippen LogP contribution in [0.5, 0.6) is 0 Å². The van der Waals surface area contributed by atoms with E-state index in [4.69, 9.17) is 28.4 Å². The van der Waals surface area contributed by atoms with Gasteiger partial charge in [0.15, 0.2) is 5.56 Å². The number of halogens is 3. The van der Waals surface area contributed by atoms with Gasteiger partial charge in [-0.15, -0.1) is 0 Å². The highest BCUT2D eigenvalue weighted by atomic mass is 35.5. The van der Waals surface area contributed by atoms with E-state index in [-0.39, 0.29) is 10.3 Å². The maximum Gasteiger partial charge on any atom is 0.362 e. The third kappa shape index (κ3) is 1.73. The van der Waals surface area contributed by atoms with E-state index >= 15 is 0 Å². The molecule has 0 atom stereocenters. The van der Waals surface area contributed by atoms with E-state index < -0.39 is 22.1 Å². The SMILES string of the molecule is COC(=O)c1cc(F)c(Cl)[n+](O)c1Cl. The molecule has 0 aromatic carbocycles. The minimum Gasteiger partial charge on any atom is -0.465 e. The van der Waals surface area contributed by atoms with Crippen LogP contribution in [0.3, 0.4) is 0 Å². The van der Waals surface area contributed by atoms with E-state index in [9.17, 15) is 9.18 Å². The molecular formula is C7H5Cl2FNO3+. The first-order valence-corrected chi connectivity index (χ1v) is 4.11. The maximum atomic E-state index is 12.9. The zero-order chi connectivity index (χ0) is 10.9. The lowest BCUT2D eigenvalue weighted by Crippen LogP contribution is -2.36. The summed E-state index contributed by atoms with van der Waals surface area (Å²) in [5, 5.41) is 8.10. The normalized spacial score (nSPS) is 10.0. The Kier molecular flexibility index (Phi) is 3.13. The largest absolute Gasteiger partial charge is 0.465 e. The lowest BCUT2D eigenvalue weighted by molar-refractivity contribution is -0.902. The van der Waals surface area contributed by atoms with Gasteiger partial charge in [0.05, 0.1) is 7.11 Å². The molecule has 14 heavy (non-hydrogen) atoms. The van der Waals surface area contributed by atoms with Crippen molar-refractivity contribution < 1.29 is 23.9 Å². The summed E-state index contributed by atoms with van der Waals surface area (Å²) in [5.74, 6) is -1.84. The molecule has 0 amide bonds. The van der Waals surface area contributed by atoms with Crippen LogP contribution in [0.1, 0.15) is 10.4 Å². The van der Waals surface area contributed by atoms with Gasteiger partial charge in [-0.2, -0.15) is 4.39 Å². The van der Waals surface area contributed by atoms with Crippen LogP contribution in [0.25, 0.3) is 0 Å². The Hall–Kier alpha value is -1.07. The molecule has 1 N–H and O–H groups in total. The standard InChI is InChI=1S/C7H5Cl2FNO3/c1-14-7(12)3-2-4(10)6(9)11(13)5(3)8/h2,13H,1H3/q+1. The first kappa shape index (κ1) is 11.0. The highest BCUT2D eigenvalue weighted by Gasteiger charge is 2.28. The molecule has 4 nitrogen and oxygen atoms in total. The number of nitrogens with zero attached hydrogens (tertiary/aromatic N) is 1. The van der Waals surface area contributed by atoms with Crippen LogP contribution in [0, 0.1) is 5.82 Å². The van der Waals surface area contributed by atoms with E-state index in [2.05, 4.69) is 4.74 Å². The molecule has 1 rings (SSSR count). The van der Waals surface area contributed by atoms with Gasteiger partial charge in [0.2, 0.25) is 5.82 Å². The molecular weight excluding hydrogens is 236 g/mol. The Morgan fingerprint density at radius 3 is 2.64 bits per heavy atom. The van der Waals surface area contributed by atoms with Gasteiger partial charge in [-0.05, 0) is 23.2 Å². The molecule has 0 saturated heterocycles. The smallest absolute Gasteiger partial charge is 0.362 e. The van der Waals surface area contributed by atoms with Gasteiger partial charge in [0.1, 0.15) is 0 Å². The van der Waals surface area contributed by atoms with Crippen molar-refractivity contribution in [3.05, 3.63) is 27.8 Å². The molecule has 7 heteroatoms. The number of aromatic nitrogens is 1. The molecule has 0 aliphatic rings. The van der Waals surface area contributed by atoms with Gasteiger partial charge in [0, 0.05) is 10.8 Å². The first-order valence-electron chi connectivity index (χ1n) is 3.36. The average Bonchev–Trinajstić information content (AvgIpc) is 2.19. The summed E-state index contributed by atoms with van der Waals surface area (Å²) >= 11 is 10.8. The van der Waals surface area contributed by atoms with Gasteiger partial charge in [-0.1, -0.05) is 0 Å². The molecule has 0 fully saturated rings. The number of pyridine rings is 1. The van der Waals surface area contributed by atoms with Crippen LogP contribution in [0.4, 0.5) is 4.39 Å². The Labute approximate surface area is 88.4 Å². The summed E-state index contributed by atoms with van der Waals surface area (Å²) in [6.07, 6.45) is 0. The second-order valence-electron chi connectivity index (χ2n) is 2.29. The number of hydrogen-bond donors (Lipinski definition) is 1. The molecule has 0 bridgehead atoms. The second kappa shape index (κ2) is 3.98. The van der Waals surface area contributed by atoms with Crippen molar-refractivity contribution >= 4 is 29.2 Å². The van der Waals surface area contributed by atoms with E-state index in [0.29, 0.717) is 0 Å². The van der Waals surface area contributed by atoms with Crippen LogP contribution in [0.2, 0.25) is 10.3 Å². The van der Waals surface area contributed by atoms with E-state index in [1.807, 2.05) is 0 Å². The molecule has 0 saturated carbocycles. The van der Waals surface area contributed by atoms with Crippen molar-refractivity contribution in [2.45, 2.75) is 0 Å². The van der Waals surface area contributed by atoms with Gasteiger partial charge in [-0.3, -0.25) is 5.21 Å². The summed E-state index contributed by atoms with van der Waals surface area (Å²) in [6, 6.07) is 0.781. The van der Waals surface area contributed by atoms with Crippen molar-refractivity contribution in [2.75, 3.05) is 7.11 Å². The minimum absolute atomic E-state index is 0.157. The Morgan fingerprint density at radius 2 is 2.14 bits per heavy atom. The Morgan fingerprint density at radius 1 is 1.57 bits per heavy atom. The summed E-state index contributed by atoms with van der Waals surface area (Å²) in [5.41, 5.74) is -0.307. The molecule has 0 spiro atoms. The van der Waals surface area contributed by atoms with E-state index in [1.165, 1.54) is 0 Å². The molecule has 0 aliphatic heterocycles. The zero-order valence-corrected chi connectivity index (χ0v) is 8.43. The molecule has 1 heterocycles. The topological polar surface area (TPSA) is 50.4 Å². The summed E-state index contributed by atoms with van der Waals surface area (Å²) in [6.45, 7) is 0. The third-order valence-electron chi connectivity index (χ3n) is 1.47. The predicted molar refractivity (Wildman–Crippen MR) is 45.1 cm³/mol. The molecule has 1 aromatic heterocycles. The fraction of sp³-hybridized carbons (Fsp3) is 0.143. The van der Waals surface area contributed by atoms with Crippen LogP contribution < -0.4 is 4.73 Å². The van der Waals surface area contributed by atoms with Crippen molar-refractivity contribution in [3.63, 3.8) is 0 Å². The van der Waals surface area contributed by atoms with Gasteiger partial charge >= 0.3 is 16.3 Å². The average molecular weight is 241 g/mol. The third-order valence-corrected chi connectivity index (χ3v) is 2.17. The van der Waals surface area contributed by atoms with E-state index in [0.717, 1.165) is 13.2 Å². The van der Waals surface area contributed by atoms with Crippen LogP contribution in [0.15, 0.2) is 6.07 Å². The van der Waals surface area contributed by atoms with Gasteiger partial charge < -0.3 is 4.74 Å². The highest BCUT2D eigenvalue weighted by molar-refractivity contribution is 6.32. The number of hydrogen-bond acceptors (Lipinski definition) is 3. The molecule has 0 radical (unpaired) electrons. The lowest BCUT2D eigenvalue weighted by atomic mass is 10.3. The lowest BCUT2D eigenvalue weighted by Gasteiger charge is -1.99. The van der Waals surface area contributed by atoms with Crippen LogP contribution >= 0.6 is 23.2 Å². The van der Waals surface area contributed by atoms with Crippen molar-refractivity contribution in [1.82, 2.24) is 0 Å². The number of esters is 1. The Balaban J connectivity index is 3.40. The molecule has 0 aliphatic carbocycles. The quantitative estimate of drug-likeness (QED) is 0.350. The molecule has 0 unspecified atom stereocenters. The van der Waals surface area contributed by atoms with Gasteiger partial charge in [0.25, 0.3) is 0 Å². The number of methoxy groups -OCH3 is 1. The summed E-state index contributed by atoms with van der Waals surface area (Å²) in [4.78, 5) is 11.0. The van der Waals surface area contributed by atoms with Gasteiger partial charge in [-0.25, -0.2) is 4.79 Å². The number of carbonyl (C=O) groups is 1. The molecule has 1 aromatic rings. The fourth-order valence-electron chi connectivity index (χ4n) is 0.800. The summed E-state index contributed by atoms with van der Waals surface area (Å²) < 4.78 is 17.4. The van der Waals surface area contributed by atoms with E-state index in [1.54, 1.807) is 0 Å². The molecule has 76 valence electrons. The first-order chi connectivity index (χ1) is 6.49. The van der Waals surface area contributed by atoms with Crippen molar-refractivity contribution in [2.24, 2.45) is 0 Å². The highest BCUT2D eigenvalue weighted by Crippen LogP contribution is 2.18. The van der Waals surface area contributed by atoms with Crippen LogP contribution in [-0.4, -0.2) is 18.3 Å². The van der Waals surface area contributed by atoms with Crippen LogP contribution in [-0.2, 0) is 4.74 Å². The number of carbonyl (C=O) groups excluding carboxylic acids is 1. The zero-order valence-electron chi connectivity index (χ0n) is 6.92. The summed E-state index contributed by atoms with van der Waals surface area (Å²) in [7, 11) is 1.10. The number of ether oxygens (including phenoxy) is 1. The maximum absolute atomic E-state index is 12.9. The second-order valence-corrected chi connectivity index (χ2v) is 3.01. The fourth-order valence-corrected chi connectivity index (χ4v) is 1.20.